The summed E-state index contributed by atoms with van der Waals surface area (Å²) in [4.78, 5) is 4.38. The van der Waals surface area contributed by atoms with Gasteiger partial charge in [-0.2, -0.15) is 0 Å². The van der Waals surface area contributed by atoms with Crippen molar-refractivity contribution >= 4 is 21.9 Å². The number of aliphatic imine (C=N–C) groups is 1. The van der Waals surface area contributed by atoms with Crippen molar-refractivity contribution in [1.82, 2.24) is 10.6 Å². The van der Waals surface area contributed by atoms with Gasteiger partial charge in [-0.15, -0.1) is 6.42 Å². The van der Waals surface area contributed by atoms with Gasteiger partial charge in [0.05, 0.1) is 6.54 Å². The summed E-state index contributed by atoms with van der Waals surface area (Å²) in [7, 11) is 0. The summed E-state index contributed by atoms with van der Waals surface area (Å²) in [5.41, 5.74) is 0.713. The Hall–Kier alpha value is -1.54. The molecule has 108 valence electrons. The van der Waals surface area contributed by atoms with Crippen LogP contribution in [0.3, 0.4) is 0 Å². The van der Waals surface area contributed by atoms with E-state index in [1.165, 1.54) is 6.07 Å². The maximum atomic E-state index is 13.6. The first-order valence-corrected chi connectivity index (χ1v) is 7.36. The summed E-state index contributed by atoms with van der Waals surface area (Å²) in [5.74, 6) is 3.02. The van der Waals surface area contributed by atoms with E-state index in [2.05, 4.69) is 37.5 Å². The Kier molecular flexibility index (Phi) is 7.74. The maximum absolute atomic E-state index is 13.6. The van der Waals surface area contributed by atoms with E-state index >= 15 is 0 Å². The van der Waals surface area contributed by atoms with E-state index in [0.717, 1.165) is 17.4 Å². The van der Waals surface area contributed by atoms with Crippen molar-refractivity contribution in [2.24, 2.45) is 4.99 Å². The predicted octanol–water partition coefficient (Wildman–Crippen LogP) is 2.71. The highest BCUT2D eigenvalue weighted by Crippen LogP contribution is 2.16. The van der Waals surface area contributed by atoms with E-state index < -0.39 is 0 Å². The third-order valence-corrected chi connectivity index (χ3v) is 3.08. The first kappa shape index (κ1) is 16.5. The molecule has 1 aromatic rings. The van der Waals surface area contributed by atoms with E-state index in [0.29, 0.717) is 31.0 Å². The maximum Gasteiger partial charge on any atom is 0.192 e. The zero-order chi connectivity index (χ0) is 14.8. The van der Waals surface area contributed by atoms with Gasteiger partial charge in [0.2, 0.25) is 0 Å². The summed E-state index contributed by atoms with van der Waals surface area (Å²) >= 11 is 3.24. The molecule has 20 heavy (non-hydrogen) atoms. The Morgan fingerprint density at radius 2 is 2.25 bits per heavy atom. The van der Waals surface area contributed by atoms with Gasteiger partial charge in [-0.25, -0.2) is 4.39 Å². The van der Waals surface area contributed by atoms with Crippen LogP contribution in [0.5, 0.6) is 0 Å². The van der Waals surface area contributed by atoms with Crippen LogP contribution in [0, 0.1) is 18.2 Å². The lowest BCUT2D eigenvalue weighted by atomic mass is 10.1. The molecule has 0 aromatic heterocycles. The van der Waals surface area contributed by atoms with Gasteiger partial charge in [0.15, 0.2) is 5.96 Å². The Morgan fingerprint density at radius 3 is 2.90 bits per heavy atom. The number of rotatable bonds is 6. The molecule has 0 atom stereocenters. The molecule has 0 radical (unpaired) electrons. The minimum Gasteiger partial charge on any atom is -0.357 e. The van der Waals surface area contributed by atoms with E-state index in [-0.39, 0.29) is 5.82 Å². The SMILES string of the molecule is C#CCNC(=NCCCc1ccc(Br)cc1F)NCC. The normalized spacial score (nSPS) is 11.0. The summed E-state index contributed by atoms with van der Waals surface area (Å²) in [6.45, 7) is 3.82. The number of benzene rings is 1. The van der Waals surface area contributed by atoms with Gasteiger partial charge in [-0.1, -0.05) is 27.9 Å². The highest BCUT2D eigenvalue weighted by molar-refractivity contribution is 9.10. The largest absolute Gasteiger partial charge is 0.357 e. The topological polar surface area (TPSA) is 36.4 Å². The van der Waals surface area contributed by atoms with Crippen molar-refractivity contribution in [2.45, 2.75) is 19.8 Å². The molecule has 0 aliphatic heterocycles. The van der Waals surface area contributed by atoms with Crippen LogP contribution in [0.2, 0.25) is 0 Å². The van der Waals surface area contributed by atoms with Crippen molar-refractivity contribution < 1.29 is 4.39 Å². The molecular weight excluding hydrogens is 321 g/mol. The van der Waals surface area contributed by atoms with Crippen molar-refractivity contribution in [3.63, 3.8) is 0 Å². The lowest BCUT2D eigenvalue weighted by molar-refractivity contribution is 0.604. The number of nitrogens with zero attached hydrogens (tertiary/aromatic N) is 1. The second-order valence-corrected chi connectivity index (χ2v) is 5.07. The van der Waals surface area contributed by atoms with Crippen molar-refractivity contribution in [2.75, 3.05) is 19.6 Å². The molecule has 0 fully saturated rings. The van der Waals surface area contributed by atoms with Crippen LogP contribution in [0.15, 0.2) is 27.7 Å². The standard InChI is InChI=1S/C15H19BrFN3/c1-3-9-19-15(18-4-2)20-10-5-6-12-7-8-13(16)11-14(12)17/h1,7-8,11H,4-6,9-10H2,2H3,(H2,18,19,20). The van der Waals surface area contributed by atoms with Crippen LogP contribution in [-0.4, -0.2) is 25.6 Å². The summed E-state index contributed by atoms with van der Waals surface area (Å²) < 4.78 is 14.4. The molecule has 1 aromatic carbocycles. The molecular formula is C15H19BrFN3. The second-order valence-electron chi connectivity index (χ2n) is 4.16. The van der Waals surface area contributed by atoms with Crippen LogP contribution in [-0.2, 0) is 6.42 Å². The third-order valence-electron chi connectivity index (χ3n) is 2.59. The quantitative estimate of drug-likeness (QED) is 0.362. The van der Waals surface area contributed by atoms with Gasteiger partial charge < -0.3 is 10.6 Å². The summed E-state index contributed by atoms with van der Waals surface area (Å²) in [5, 5.41) is 6.11. The molecule has 0 spiro atoms. The van der Waals surface area contributed by atoms with Crippen molar-refractivity contribution in [3.8, 4) is 12.3 Å². The van der Waals surface area contributed by atoms with Crippen LogP contribution >= 0.6 is 15.9 Å². The van der Waals surface area contributed by atoms with E-state index in [1.807, 2.05) is 13.0 Å². The Balaban J connectivity index is 2.43. The second kappa shape index (κ2) is 9.38. The minimum absolute atomic E-state index is 0.180. The number of terminal acetylenes is 1. The zero-order valence-electron chi connectivity index (χ0n) is 11.5. The van der Waals surface area contributed by atoms with Gasteiger partial charge in [0, 0.05) is 17.6 Å². The molecule has 0 aliphatic carbocycles. The van der Waals surface area contributed by atoms with Crippen LogP contribution in [0.1, 0.15) is 18.9 Å². The monoisotopic (exact) mass is 339 g/mol. The predicted molar refractivity (Wildman–Crippen MR) is 85.2 cm³/mol. The number of halogens is 2. The third kappa shape index (κ3) is 6.07. The fraction of sp³-hybridized carbons (Fsp3) is 0.400. The Bertz CT molecular complexity index is 494. The van der Waals surface area contributed by atoms with Gasteiger partial charge in [-0.05, 0) is 37.5 Å². The highest BCUT2D eigenvalue weighted by atomic mass is 79.9. The number of hydrogen-bond donors (Lipinski definition) is 2. The molecule has 2 N–H and O–H groups in total. The first-order valence-electron chi connectivity index (χ1n) is 6.57. The van der Waals surface area contributed by atoms with Gasteiger partial charge in [0.25, 0.3) is 0 Å². The van der Waals surface area contributed by atoms with Crippen LogP contribution < -0.4 is 10.6 Å². The average Bonchev–Trinajstić information content (AvgIpc) is 2.42. The molecule has 0 heterocycles. The van der Waals surface area contributed by atoms with Crippen LogP contribution in [0.4, 0.5) is 4.39 Å². The Labute approximate surface area is 128 Å². The molecule has 0 aliphatic rings. The molecule has 3 nitrogen and oxygen atoms in total. The van der Waals surface area contributed by atoms with Gasteiger partial charge >= 0.3 is 0 Å². The number of aryl methyl sites for hydroxylation is 1. The smallest absolute Gasteiger partial charge is 0.192 e. The van der Waals surface area contributed by atoms with E-state index in [4.69, 9.17) is 6.42 Å². The summed E-state index contributed by atoms with van der Waals surface area (Å²) in [6, 6.07) is 5.13. The number of guanidine groups is 1. The molecule has 0 saturated carbocycles. The fourth-order valence-corrected chi connectivity index (χ4v) is 1.99. The van der Waals surface area contributed by atoms with Crippen LogP contribution in [0.25, 0.3) is 0 Å². The molecule has 0 amide bonds. The lowest BCUT2D eigenvalue weighted by Crippen LogP contribution is -2.37. The molecule has 0 bridgehead atoms. The van der Waals surface area contributed by atoms with E-state index in [9.17, 15) is 4.39 Å². The summed E-state index contributed by atoms with van der Waals surface area (Å²) in [6.07, 6.45) is 6.64. The average molecular weight is 340 g/mol. The molecule has 1 rings (SSSR count). The van der Waals surface area contributed by atoms with E-state index in [1.54, 1.807) is 6.07 Å². The fourth-order valence-electron chi connectivity index (χ4n) is 1.66. The van der Waals surface area contributed by atoms with Crippen molar-refractivity contribution in [3.05, 3.63) is 34.1 Å². The Morgan fingerprint density at radius 1 is 1.45 bits per heavy atom. The first-order chi connectivity index (χ1) is 9.67. The highest BCUT2D eigenvalue weighted by Gasteiger charge is 2.02. The molecule has 0 unspecified atom stereocenters. The minimum atomic E-state index is -0.180. The van der Waals surface area contributed by atoms with Gasteiger partial charge in [0.1, 0.15) is 5.82 Å². The molecule has 5 heteroatoms. The van der Waals surface area contributed by atoms with Crippen molar-refractivity contribution in [1.29, 1.82) is 0 Å². The van der Waals surface area contributed by atoms with Gasteiger partial charge in [-0.3, -0.25) is 4.99 Å². The lowest BCUT2D eigenvalue weighted by Gasteiger charge is -2.08. The number of hydrogen-bond acceptors (Lipinski definition) is 1. The zero-order valence-corrected chi connectivity index (χ0v) is 13.1. The molecule has 0 saturated heterocycles. The number of nitrogens with one attached hydrogen (secondary N) is 2.